The van der Waals surface area contributed by atoms with E-state index in [9.17, 15) is 14.4 Å². The highest BCUT2D eigenvalue weighted by Gasteiger charge is 2.20. The number of carbonyl (C=O) groups is 3. The van der Waals surface area contributed by atoms with Gasteiger partial charge in [0.05, 0.1) is 0 Å². The monoisotopic (exact) mass is 410 g/mol. The van der Waals surface area contributed by atoms with Gasteiger partial charge in [-0.3, -0.25) is 9.59 Å². The molecular formula is C23H42N2O4. The molecule has 0 fully saturated rings. The summed E-state index contributed by atoms with van der Waals surface area (Å²) in [4.78, 5) is 33.7. The summed E-state index contributed by atoms with van der Waals surface area (Å²) >= 11 is 0. The second kappa shape index (κ2) is 19.5. The molecule has 1 unspecified atom stereocenters. The lowest BCUT2D eigenvalue weighted by Crippen LogP contribution is -2.41. The smallest absolute Gasteiger partial charge is 0.326 e. The molecular weight excluding hydrogens is 368 g/mol. The predicted octanol–water partition coefficient (Wildman–Crippen LogP) is 4.86. The summed E-state index contributed by atoms with van der Waals surface area (Å²) in [7, 11) is 0. The number of rotatable bonds is 20. The quantitative estimate of drug-likeness (QED) is 0.197. The molecule has 0 heterocycles. The number of primary amides is 1. The Hall–Kier alpha value is -1.85. The van der Waals surface area contributed by atoms with E-state index in [1.807, 2.05) is 0 Å². The van der Waals surface area contributed by atoms with Crippen LogP contribution in [-0.4, -0.2) is 28.9 Å². The van der Waals surface area contributed by atoms with Gasteiger partial charge in [0.15, 0.2) is 0 Å². The highest BCUT2D eigenvalue weighted by atomic mass is 16.4. The van der Waals surface area contributed by atoms with E-state index in [-0.39, 0.29) is 18.7 Å². The maximum Gasteiger partial charge on any atom is 0.326 e. The van der Waals surface area contributed by atoms with Gasteiger partial charge in [0, 0.05) is 12.8 Å². The van der Waals surface area contributed by atoms with Gasteiger partial charge in [-0.25, -0.2) is 4.79 Å². The van der Waals surface area contributed by atoms with E-state index >= 15 is 0 Å². The fourth-order valence-corrected chi connectivity index (χ4v) is 3.17. The lowest BCUT2D eigenvalue weighted by molar-refractivity contribution is -0.142. The number of amides is 2. The van der Waals surface area contributed by atoms with E-state index in [2.05, 4.69) is 24.4 Å². The molecule has 0 aliphatic rings. The van der Waals surface area contributed by atoms with Crippen LogP contribution in [0.15, 0.2) is 12.2 Å². The third kappa shape index (κ3) is 19.2. The summed E-state index contributed by atoms with van der Waals surface area (Å²) < 4.78 is 0. The molecule has 2 amide bonds. The van der Waals surface area contributed by atoms with Crippen LogP contribution < -0.4 is 11.1 Å². The van der Waals surface area contributed by atoms with Crippen molar-refractivity contribution in [2.45, 2.75) is 116 Å². The molecule has 0 spiro atoms. The van der Waals surface area contributed by atoms with Crippen LogP contribution in [0, 0.1) is 0 Å². The van der Waals surface area contributed by atoms with Crippen LogP contribution in [-0.2, 0) is 14.4 Å². The van der Waals surface area contributed by atoms with E-state index < -0.39 is 17.9 Å². The number of nitrogens with one attached hydrogen (secondary N) is 1. The van der Waals surface area contributed by atoms with Crippen molar-refractivity contribution in [3.63, 3.8) is 0 Å². The standard InChI is InChI=1S/C23H42N2O4/c1-2-3-4-5-6-7-8-9-10-11-12-13-14-15-16-17-22(27)25-20(23(28)29)18-19-21(24)26/h9-10,20H,2-8,11-19H2,1H3,(H2,24,26)(H,25,27)(H,28,29). The van der Waals surface area contributed by atoms with Crippen molar-refractivity contribution in [3.05, 3.63) is 12.2 Å². The first-order chi connectivity index (χ1) is 14.0. The van der Waals surface area contributed by atoms with Crippen molar-refractivity contribution in [2.75, 3.05) is 0 Å². The van der Waals surface area contributed by atoms with E-state index in [1.54, 1.807) is 0 Å². The van der Waals surface area contributed by atoms with Gasteiger partial charge in [0.2, 0.25) is 11.8 Å². The van der Waals surface area contributed by atoms with Crippen molar-refractivity contribution in [1.82, 2.24) is 5.32 Å². The summed E-state index contributed by atoms with van der Waals surface area (Å²) in [6.45, 7) is 2.24. The molecule has 168 valence electrons. The molecule has 1 atom stereocenters. The van der Waals surface area contributed by atoms with Crippen molar-refractivity contribution >= 4 is 17.8 Å². The van der Waals surface area contributed by atoms with E-state index in [0.29, 0.717) is 6.42 Å². The Morgan fingerprint density at radius 1 is 0.828 bits per heavy atom. The summed E-state index contributed by atoms with van der Waals surface area (Å²) in [6.07, 6.45) is 20.4. The van der Waals surface area contributed by atoms with Crippen LogP contribution >= 0.6 is 0 Å². The van der Waals surface area contributed by atoms with Crippen LogP contribution in [0.25, 0.3) is 0 Å². The molecule has 0 bridgehead atoms. The number of hydrogen-bond donors (Lipinski definition) is 3. The minimum Gasteiger partial charge on any atom is -0.480 e. The maximum absolute atomic E-state index is 11.8. The van der Waals surface area contributed by atoms with Crippen molar-refractivity contribution < 1.29 is 19.5 Å². The summed E-state index contributed by atoms with van der Waals surface area (Å²) in [5.41, 5.74) is 5.02. The van der Waals surface area contributed by atoms with Crippen LogP contribution in [0.3, 0.4) is 0 Å². The van der Waals surface area contributed by atoms with Gasteiger partial charge >= 0.3 is 5.97 Å². The number of unbranched alkanes of at least 4 members (excludes halogenated alkanes) is 11. The van der Waals surface area contributed by atoms with Gasteiger partial charge in [-0.2, -0.15) is 0 Å². The zero-order valence-electron chi connectivity index (χ0n) is 18.3. The van der Waals surface area contributed by atoms with E-state index in [4.69, 9.17) is 10.8 Å². The first-order valence-corrected chi connectivity index (χ1v) is 11.4. The Morgan fingerprint density at radius 2 is 1.34 bits per heavy atom. The number of carboxylic acid groups (broad SMARTS) is 1. The first-order valence-electron chi connectivity index (χ1n) is 11.4. The second-order valence-corrected chi connectivity index (χ2v) is 7.80. The number of hydrogen-bond acceptors (Lipinski definition) is 3. The van der Waals surface area contributed by atoms with Crippen molar-refractivity contribution in [2.24, 2.45) is 5.73 Å². The molecule has 0 radical (unpaired) electrons. The minimum absolute atomic E-state index is 0.0305. The Labute approximate surface area is 176 Å². The average Bonchev–Trinajstić information content (AvgIpc) is 2.67. The number of carbonyl (C=O) groups excluding carboxylic acids is 2. The summed E-state index contributed by atoms with van der Waals surface area (Å²) in [6, 6.07) is -1.04. The molecule has 0 aliphatic heterocycles. The largest absolute Gasteiger partial charge is 0.480 e. The van der Waals surface area contributed by atoms with Gasteiger partial charge in [-0.05, 0) is 38.5 Å². The molecule has 4 N–H and O–H groups in total. The SMILES string of the molecule is CCCCCCCCC=CCCCCCCCC(=O)NC(CCC(N)=O)C(=O)O. The lowest BCUT2D eigenvalue weighted by atomic mass is 10.1. The molecule has 0 aromatic heterocycles. The van der Waals surface area contributed by atoms with Crippen molar-refractivity contribution in [3.8, 4) is 0 Å². The summed E-state index contributed by atoms with van der Waals surface area (Å²) in [5, 5.41) is 11.5. The third-order valence-electron chi connectivity index (χ3n) is 4.98. The second-order valence-electron chi connectivity index (χ2n) is 7.80. The lowest BCUT2D eigenvalue weighted by Gasteiger charge is -2.13. The predicted molar refractivity (Wildman–Crippen MR) is 117 cm³/mol. The van der Waals surface area contributed by atoms with Crippen LogP contribution in [0.2, 0.25) is 0 Å². The Bertz CT molecular complexity index is 477. The van der Waals surface area contributed by atoms with E-state index in [1.165, 1.54) is 51.4 Å². The molecule has 0 aliphatic carbocycles. The van der Waals surface area contributed by atoms with Crippen LogP contribution in [0.5, 0.6) is 0 Å². The third-order valence-corrected chi connectivity index (χ3v) is 4.98. The van der Waals surface area contributed by atoms with Gasteiger partial charge in [-0.1, -0.05) is 70.4 Å². The average molecular weight is 411 g/mol. The Morgan fingerprint density at radius 3 is 1.86 bits per heavy atom. The normalized spacial score (nSPS) is 12.2. The number of allylic oxidation sites excluding steroid dienone is 2. The molecule has 29 heavy (non-hydrogen) atoms. The van der Waals surface area contributed by atoms with Crippen LogP contribution in [0.1, 0.15) is 110 Å². The highest BCUT2D eigenvalue weighted by Crippen LogP contribution is 2.10. The Balaban J connectivity index is 3.54. The van der Waals surface area contributed by atoms with E-state index in [0.717, 1.165) is 32.1 Å². The molecule has 0 aromatic carbocycles. The molecule has 0 saturated heterocycles. The Kier molecular flexibility index (Phi) is 18.2. The summed E-state index contributed by atoms with van der Waals surface area (Å²) in [5.74, 6) is -1.98. The van der Waals surface area contributed by atoms with Gasteiger partial charge in [0.1, 0.15) is 6.04 Å². The molecule has 0 saturated carbocycles. The topological polar surface area (TPSA) is 109 Å². The zero-order chi connectivity index (χ0) is 21.7. The molecule has 0 aromatic rings. The first kappa shape index (κ1) is 27.1. The van der Waals surface area contributed by atoms with Gasteiger partial charge in [0.25, 0.3) is 0 Å². The minimum atomic E-state index is -1.14. The number of carboxylic acids is 1. The number of nitrogens with two attached hydrogens (primary N) is 1. The van der Waals surface area contributed by atoms with Gasteiger partial charge in [-0.15, -0.1) is 0 Å². The molecule has 6 heteroatoms. The fraction of sp³-hybridized carbons (Fsp3) is 0.783. The number of aliphatic carboxylic acids is 1. The van der Waals surface area contributed by atoms with Crippen LogP contribution in [0.4, 0.5) is 0 Å². The van der Waals surface area contributed by atoms with Crippen molar-refractivity contribution in [1.29, 1.82) is 0 Å². The molecule has 6 nitrogen and oxygen atoms in total. The highest BCUT2D eigenvalue weighted by molar-refractivity contribution is 5.84. The van der Waals surface area contributed by atoms with Gasteiger partial charge < -0.3 is 16.2 Å². The maximum atomic E-state index is 11.8. The zero-order valence-corrected chi connectivity index (χ0v) is 18.3. The fourth-order valence-electron chi connectivity index (χ4n) is 3.17. The molecule has 0 rings (SSSR count).